The summed E-state index contributed by atoms with van der Waals surface area (Å²) >= 11 is 0. The fourth-order valence-electron chi connectivity index (χ4n) is 2.64. The number of sulfone groups is 1. The first-order valence-corrected chi connectivity index (χ1v) is 10.2. The second-order valence-corrected chi connectivity index (χ2v) is 8.29. The SMILES string of the molecule is Cc1cccc(CC(=O)Nc2cccc(-c3ccc(S(C)(=O)=O)nn3)c2)c1. The number of anilines is 1. The van der Waals surface area contributed by atoms with Crippen molar-refractivity contribution in [3.63, 3.8) is 0 Å². The van der Waals surface area contributed by atoms with E-state index in [2.05, 4.69) is 15.5 Å². The fourth-order valence-corrected chi connectivity index (χ4v) is 3.15. The standard InChI is InChI=1S/C20H19N3O3S/c1-14-5-3-6-15(11-14)12-19(24)21-17-8-4-7-16(13-17)18-9-10-20(23-22-18)27(2,25)26/h3-11,13H,12H2,1-2H3,(H,21,24). The van der Waals surface area contributed by atoms with Crippen molar-refractivity contribution in [1.29, 1.82) is 0 Å². The highest BCUT2D eigenvalue weighted by molar-refractivity contribution is 7.90. The first kappa shape index (κ1) is 18.7. The van der Waals surface area contributed by atoms with Gasteiger partial charge >= 0.3 is 0 Å². The third-order valence-electron chi connectivity index (χ3n) is 3.91. The maximum Gasteiger partial charge on any atom is 0.228 e. The monoisotopic (exact) mass is 381 g/mol. The van der Waals surface area contributed by atoms with Gasteiger partial charge in [0.1, 0.15) is 0 Å². The summed E-state index contributed by atoms with van der Waals surface area (Å²) in [5.74, 6) is -0.115. The number of aryl methyl sites for hydroxylation is 1. The number of rotatable bonds is 5. The molecule has 0 bridgehead atoms. The minimum atomic E-state index is -3.39. The lowest BCUT2D eigenvalue weighted by Crippen LogP contribution is -2.14. The normalized spacial score (nSPS) is 11.2. The summed E-state index contributed by atoms with van der Waals surface area (Å²) in [5, 5.41) is 10.5. The lowest BCUT2D eigenvalue weighted by molar-refractivity contribution is -0.115. The van der Waals surface area contributed by atoms with Crippen LogP contribution in [0.5, 0.6) is 0 Å². The molecule has 2 aromatic carbocycles. The maximum absolute atomic E-state index is 12.3. The van der Waals surface area contributed by atoms with E-state index in [1.807, 2.05) is 37.3 Å². The van der Waals surface area contributed by atoms with E-state index in [-0.39, 0.29) is 17.4 Å². The number of hydrogen-bond acceptors (Lipinski definition) is 5. The molecular formula is C20H19N3O3S. The van der Waals surface area contributed by atoms with Gasteiger partial charge in [0.15, 0.2) is 14.9 Å². The van der Waals surface area contributed by atoms with Gasteiger partial charge in [-0.2, -0.15) is 0 Å². The van der Waals surface area contributed by atoms with E-state index >= 15 is 0 Å². The Morgan fingerprint density at radius 2 is 1.78 bits per heavy atom. The van der Waals surface area contributed by atoms with Crippen LogP contribution in [0, 0.1) is 6.92 Å². The summed E-state index contributed by atoms with van der Waals surface area (Å²) in [6.45, 7) is 1.99. The Bertz CT molecular complexity index is 1080. The Labute approximate surface area is 158 Å². The number of hydrogen-bond donors (Lipinski definition) is 1. The molecule has 1 amide bonds. The van der Waals surface area contributed by atoms with Gasteiger partial charge in [-0.25, -0.2) is 8.42 Å². The number of aromatic nitrogens is 2. The molecule has 3 rings (SSSR count). The molecule has 0 saturated carbocycles. The van der Waals surface area contributed by atoms with Crippen LogP contribution in [-0.4, -0.2) is 30.8 Å². The van der Waals surface area contributed by atoms with Gasteiger partial charge in [-0.05, 0) is 36.8 Å². The quantitative estimate of drug-likeness (QED) is 0.734. The largest absolute Gasteiger partial charge is 0.326 e. The maximum atomic E-state index is 12.3. The van der Waals surface area contributed by atoms with Crippen molar-refractivity contribution < 1.29 is 13.2 Å². The van der Waals surface area contributed by atoms with Crippen LogP contribution in [0.1, 0.15) is 11.1 Å². The second kappa shape index (κ2) is 7.67. The molecule has 0 aliphatic carbocycles. The van der Waals surface area contributed by atoms with Crippen molar-refractivity contribution in [2.75, 3.05) is 11.6 Å². The molecule has 3 aromatic rings. The molecular weight excluding hydrogens is 362 g/mol. The summed E-state index contributed by atoms with van der Waals surface area (Å²) in [4.78, 5) is 12.3. The topological polar surface area (TPSA) is 89.0 Å². The van der Waals surface area contributed by atoms with E-state index in [0.717, 1.165) is 22.9 Å². The Morgan fingerprint density at radius 3 is 2.44 bits per heavy atom. The number of nitrogens with zero attached hydrogens (tertiary/aromatic N) is 2. The van der Waals surface area contributed by atoms with Crippen molar-refractivity contribution in [1.82, 2.24) is 10.2 Å². The molecule has 0 atom stereocenters. The molecule has 0 spiro atoms. The van der Waals surface area contributed by atoms with Crippen molar-refractivity contribution in [3.8, 4) is 11.3 Å². The highest BCUT2D eigenvalue weighted by Gasteiger charge is 2.11. The van der Waals surface area contributed by atoms with Crippen LogP contribution in [0.15, 0.2) is 65.7 Å². The van der Waals surface area contributed by atoms with Crippen LogP contribution in [0.3, 0.4) is 0 Å². The molecule has 0 radical (unpaired) electrons. The molecule has 6 nitrogen and oxygen atoms in total. The fraction of sp³-hybridized carbons (Fsp3) is 0.150. The number of carbonyl (C=O) groups excluding carboxylic acids is 1. The Balaban J connectivity index is 1.74. The molecule has 1 N–H and O–H groups in total. The second-order valence-electron chi connectivity index (χ2n) is 6.32. The Kier molecular flexibility index (Phi) is 5.32. The summed E-state index contributed by atoms with van der Waals surface area (Å²) in [6.07, 6.45) is 1.37. The van der Waals surface area contributed by atoms with Gasteiger partial charge < -0.3 is 5.32 Å². The van der Waals surface area contributed by atoms with Gasteiger partial charge in [-0.3, -0.25) is 4.79 Å². The smallest absolute Gasteiger partial charge is 0.228 e. The summed E-state index contributed by atoms with van der Waals surface area (Å²) in [5.41, 5.74) is 3.96. The van der Waals surface area contributed by atoms with Gasteiger partial charge in [-0.15, -0.1) is 10.2 Å². The van der Waals surface area contributed by atoms with Gasteiger partial charge in [0.2, 0.25) is 5.91 Å². The van der Waals surface area contributed by atoms with Crippen LogP contribution < -0.4 is 5.32 Å². The lowest BCUT2D eigenvalue weighted by Gasteiger charge is -2.08. The van der Waals surface area contributed by atoms with Crippen molar-refractivity contribution in [2.45, 2.75) is 18.4 Å². The van der Waals surface area contributed by atoms with E-state index < -0.39 is 9.84 Å². The average molecular weight is 381 g/mol. The van der Waals surface area contributed by atoms with E-state index in [4.69, 9.17) is 0 Å². The van der Waals surface area contributed by atoms with Crippen LogP contribution in [0.25, 0.3) is 11.3 Å². The zero-order valence-corrected chi connectivity index (χ0v) is 15.8. The minimum Gasteiger partial charge on any atom is -0.326 e. The highest BCUT2D eigenvalue weighted by Crippen LogP contribution is 2.21. The molecule has 0 fully saturated rings. The van der Waals surface area contributed by atoms with Crippen molar-refractivity contribution in [3.05, 3.63) is 71.8 Å². The molecule has 0 unspecified atom stereocenters. The molecule has 138 valence electrons. The van der Waals surface area contributed by atoms with Crippen LogP contribution in [0.4, 0.5) is 5.69 Å². The van der Waals surface area contributed by atoms with Crippen LogP contribution in [-0.2, 0) is 21.1 Å². The summed E-state index contributed by atoms with van der Waals surface area (Å²) in [7, 11) is -3.39. The lowest BCUT2D eigenvalue weighted by atomic mass is 10.1. The van der Waals surface area contributed by atoms with E-state index in [1.165, 1.54) is 6.07 Å². The third kappa shape index (κ3) is 4.98. The van der Waals surface area contributed by atoms with Crippen molar-refractivity contribution in [2.24, 2.45) is 0 Å². The molecule has 0 saturated heterocycles. The first-order chi connectivity index (χ1) is 12.8. The van der Waals surface area contributed by atoms with Gasteiger partial charge in [0.25, 0.3) is 0 Å². The molecule has 1 aromatic heterocycles. The number of benzene rings is 2. The van der Waals surface area contributed by atoms with Crippen LogP contribution >= 0.6 is 0 Å². The van der Waals surface area contributed by atoms with Crippen LogP contribution in [0.2, 0.25) is 0 Å². The van der Waals surface area contributed by atoms with E-state index in [9.17, 15) is 13.2 Å². The van der Waals surface area contributed by atoms with Gasteiger partial charge in [-0.1, -0.05) is 42.0 Å². The van der Waals surface area contributed by atoms with Gasteiger partial charge in [0, 0.05) is 17.5 Å². The third-order valence-corrected chi connectivity index (χ3v) is 4.89. The zero-order valence-electron chi connectivity index (χ0n) is 15.0. The summed E-state index contributed by atoms with van der Waals surface area (Å²) < 4.78 is 23.0. The van der Waals surface area contributed by atoms with Crippen molar-refractivity contribution >= 4 is 21.4 Å². The average Bonchev–Trinajstić information content (AvgIpc) is 2.61. The number of carbonyl (C=O) groups is 1. The number of nitrogens with one attached hydrogen (secondary N) is 1. The predicted molar refractivity (Wildman–Crippen MR) is 104 cm³/mol. The molecule has 7 heteroatoms. The Morgan fingerprint density at radius 1 is 1.00 bits per heavy atom. The molecule has 27 heavy (non-hydrogen) atoms. The molecule has 0 aliphatic heterocycles. The van der Waals surface area contributed by atoms with E-state index in [1.54, 1.807) is 24.3 Å². The Hall–Kier alpha value is -3.06. The first-order valence-electron chi connectivity index (χ1n) is 8.31. The highest BCUT2D eigenvalue weighted by atomic mass is 32.2. The molecule has 1 heterocycles. The van der Waals surface area contributed by atoms with E-state index in [0.29, 0.717) is 11.4 Å². The molecule has 0 aliphatic rings. The zero-order chi connectivity index (χ0) is 19.4. The summed E-state index contributed by atoms with van der Waals surface area (Å²) in [6, 6.07) is 18.0. The van der Waals surface area contributed by atoms with Gasteiger partial charge in [0.05, 0.1) is 12.1 Å². The minimum absolute atomic E-state index is 0.0751. The number of amides is 1. The predicted octanol–water partition coefficient (Wildman–Crippen LogP) is 3.04.